The SMILES string of the molecule is C[C@@H](N1CN([C@@H]2c3ccccc3SCc3cccc(Cl)c32)n2ccc(=O)c(OCOC(=O)OCCn3c(O)ccc3O)c2C1=O)C(F)(F)F. The van der Waals surface area contributed by atoms with Crippen LogP contribution in [0, 0.1) is 0 Å². The molecule has 6 rings (SSSR count). The Morgan fingerprint density at radius 3 is 2.51 bits per heavy atom. The van der Waals surface area contributed by atoms with Crippen LogP contribution in [0.4, 0.5) is 18.0 Å². The van der Waals surface area contributed by atoms with Crippen molar-refractivity contribution >= 4 is 35.4 Å². The van der Waals surface area contributed by atoms with Gasteiger partial charge in [0.25, 0.3) is 5.91 Å². The monoisotopic (exact) mass is 720 g/mol. The largest absolute Gasteiger partial charge is 0.511 e. The number of ether oxygens (including phenoxy) is 3. The molecule has 2 aliphatic rings. The molecule has 0 radical (unpaired) electrons. The number of hydrogen-bond acceptors (Lipinski definition) is 10. The van der Waals surface area contributed by atoms with Crippen LogP contribution in [0.1, 0.15) is 40.1 Å². The van der Waals surface area contributed by atoms with Crippen molar-refractivity contribution in [2.45, 2.75) is 42.4 Å². The maximum atomic E-state index is 14.2. The third-order valence-electron chi connectivity index (χ3n) is 8.17. The molecule has 0 fully saturated rings. The molecule has 0 saturated heterocycles. The lowest BCUT2D eigenvalue weighted by Crippen LogP contribution is -2.60. The highest BCUT2D eigenvalue weighted by molar-refractivity contribution is 7.98. The van der Waals surface area contributed by atoms with E-state index in [2.05, 4.69) is 0 Å². The van der Waals surface area contributed by atoms with Gasteiger partial charge in [-0.25, -0.2) is 4.79 Å². The van der Waals surface area contributed by atoms with Crippen molar-refractivity contribution in [3.8, 4) is 17.5 Å². The fourth-order valence-corrected chi connectivity index (χ4v) is 7.09. The van der Waals surface area contributed by atoms with Gasteiger partial charge in [0.2, 0.25) is 18.0 Å². The molecule has 0 saturated carbocycles. The average molecular weight is 721 g/mol. The van der Waals surface area contributed by atoms with E-state index in [4.69, 9.17) is 25.8 Å². The molecular formula is C32H28ClF3N4O8S. The molecule has 4 heterocycles. The Bertz CT molecular complexity index is 1950. The maximum absolute atomic E-state index is 14.2. The standard InChI is InChI=1S/C32H28ClF3N4O8S/c1-18(32(34,35)36)38-16-40(27-20-6-2-3-8-23(20)49-15-19-5-4-7-21(33)26(19)27)39-12-11-22(41)29(28(39)30(38)44)47-17-48-31(45)46-14-13-37-24(42)9-10-25(37)43/h2-12,18,27,42-43H,13-17H2,1H3/t18-,27-/m1/s1. The zero-order chi connectivity index (χ0) is 35.0. The van der Waals surface area contributed by atoms with Gasteiger partial charge in [0.05, 0.1) is 6.54 Å². The molecule has 0 aliphatic carbocycles. The number of carbonyl (C=O) groups excluding carboxylic acids is 2. The predicted molar refractivity (Wildman–Crippen MR) is 170 cm³/mol. The van der Waals surface area contributed by atoms with Crippen LogP contribution in [-0.2, 0) is 21.8 Å². The zero-order valence-electron chi connectivity index (χ0n) is 25.6. The second-order valence-corrected chi connectivity index (χ2v) is 12.4. The molecule has 17 heteroatoms. The minimum Gasteiger partial charge on any atom is -0.494 e. The number of alkyl halides is 3. The summed E-state index contributed by atoms with van der Waals surface area (Å²) in [6.45, 7) is -1.09. The number of aromatic hydroxyl groups is 2. The number of nitrogens with zero attached hydrogens (tertiary/aromatic N) is 4. The number of pyridine rings is 1. The molecule has 12 nitrogen and oxygen atoms in total. The topological polar surface area (TPSA) is 136 Å². The Morgan fingerprint density at radius 1 is 1.04 bits per heavy atom. The van der Waals surface area contributed by atoms with Gasteiger partial charge in [-0.05, 0) is 30.2 Å². The second kappa shape index (κ2) is 13.5. The first-order valence-electron chi connectivity index (χ1n) is 14.8. The molecular weight excluding hydrogens is 693 g/mol. The van der Waals surface area contributed by atoms with E-state index in [9.17, 15) is 37.8 Å². The summed E-state index contributed by atoms with van der Waals surface area (Å²) in [5.74, 6) is -1.81. The summed E-state index contributed by atoms with van der Waals surface area (Å²) < 4.78 is 60.3. The lowest BCUT2D eigenvalue weighted by atomic mass is 9.94. The summed E-state index contributed by atoms with van der Waals surface area (Å²) in [6.07, 6.45) is -4.81. The molecule has 2 aromatic heterocycles. The van der Waals surface area contributed by atoms with E-state index in [1.807, 2.05) is 24.3 Å². The molecule has 258 valence electrons. The van der Waals surface area contributed by atoms with Crippen LogP contribution in [0.2, 0.25) is 5.02 Å². The second-order valence-electron chi connectivity index (χ2n) is 11.0. The van der Waals surface area contributed by atoms with Crippen LogP contribution in [0.15, 0.2) is 76.6 Å². The van der Waals surface area contributed by atoms with Gasteiger partial charge in [-0.15, -0.1) is 11.8 Å². The van der Waals surface area contributed by atoms with Gasteiger partial charge in [0, 0.05) is 45.6 Å². The van der Waals surface area contributed by atoms with Crippen LogP contribution in [0.5, 0.6) is 17.5 Å². The number of benzene rings is 2. The molecule has 2 aliphatic heterocycles. The molecule has 1 amide bonds. The quantitative estimate of drug-likeness (QED) is 0.175. The van der Waals surface area contributed by atoms with E-state index in [1.165, 1.54) is 39.8 Å². The first-order chi connectivity index (χ1) is 23.4. The molecule has 4 aromatic rings. The molecule has 0 spiro atoms. The number of hydrogen-bond donors (Lipinski definition) is 2. The molecule has 0 bridgehead atoms. The first-order valence-corrected chi connectivity index (χ1v) is 16.1. The Hall–Kier alpha value is -4.96. The van der Waals surface area contributed by atoms with Crippen LogP contribution in [-0.4, -0.2) is 68.7 Å². The zero-order valence-corrected chi connectivity index (χ0v) is 27.2. The van der Waals surface area contributed by atoms with E-state index in [0.29, 0.717) is 26.8 Å². The van der Waals surface area contributed by atoms with Crippen molar-refractivity contribution in [1.82, 2.24) is 14.1 Å². The summed E-state index contributed by atoms with van der Waals surface area (Å²) >= 11 is 8.32. The average Bonchev–Trinajstić information content (AvgIpc) is 3.27. The number of fused-ring (bicyclic) bond motifs is 3. The van der Waals surface area contributed by atoms with Gasteiger partial charge >= 0.3 is 12.3 Å². The van der Waals surface area contributed by atoms with Crippen molar-refractivity contribution in [1.29, 1.82) is 0 Å². The number of rotatable bonds is 8. The predicted octanol–water partition coefficient (Wildman–Crippen LogP) is 5.60. The number of aromatic nitrogens is 2. The lowest BCUT2D eigenvalue weighted by Gasteiger charge is -2.46. The third kappa shape index (κ3) is 6.57. The van der Waals surface area contributed by atoms with E-state index in [0.717, 1.165) is 28.0 Å². The highest BCUT2D eigenvalue weighted by Crippen LogP contribution is 2.45. The summed E-state index contributed by atoms with van der Waals surface area (Å²) in [7, 11) is 0. The van der Waals surface area contributed by atoms with Gasteiger partial charge in [0.15, 0.2) is 17.5 Å². The van der Waals surface area contributed by atoms with Crippen LogP contribution in [0.25, 0.3) is 0 Å². The molecule has 2 atom stereocenters. The van der Waals surface area contributed by atoms with E-state index < -0.39 is 60.7 Å². The number of carbonyl (C=O) groups is 2. The van der Waals surface area contributed by atoms with E-state index >= 15 is 0 Å². The summed E-state index contributed by atoms with van der Waals surface area (Å²) in [5.41, 5.74) is 0.794. The third-order valence-corrected chi connectivity index (χ3v) is 9.64. The smallest absolute Gasteiger partial charge is 0.494 e. The Balaban J connectivity index is 1.36. The van der Waals surface area contributed by atoms with Crippen LogP contribution < -0.4 is 15.2 Å². The van der Waals surface area contributed by atoms with Crippen LogP contribution in [0.3, 0.4) is 0 Å². The lowest BCUT2D eigenvalue weighted by molar-refractivity contribution is -0.173. The molecule has 49 heavy (non-hydrogen) atoms. The minimum absolute atomic E-state index is 0.123. The van der Waals surface area contributed by atoms with Crippen molar-refractivity contribution < 1.29 is 47.2 Å². The van der Waals surface area contributed by atoms with E-state index in [1.54, 1.807) is 18.2 Å². The normalized spacial score (nSPS) is 16.3. The minimum atomic E-state index is -4.83. The van der Waals surface area contributed by atoms with Gasteiger partial charge in [-0.2, -0.15) is 13.2 Å². The molecule has 2 N–H and O–H groups in total. The Labute approximate surface area is 285 Å². The number of halogens is 4. The summed E-state index contributed by atoms with van der Waals surface area (Å²) in [6, 6.07) is 13.2. The van der Waals surface area contributed by atoms with Crippen molar-refractivity contribution in [2.24, 2.45) is 0 Å². The summed E-state index contributed by atoms with van der Waals surface area (Å²) in [4.78, 5) is 40.7. The fraction of sp³-hybridized carbons (Fsp3) is 0.281. The van der Waals surface area contributed by atoms with Crippen LogP contribution >= 0.6 is 23.4 Å². The van der Waals surface area contributed by atoms with Crippen molar-refractivity contribution in [3.63, 3.8) is 0 Å². The fourth-order valence-electron chi connectivity index (χ4n) is 5.71. The highest BCUT2D eigenvalue weighted by Gasteiger charge is 2.48. The summed E-state index contributed by atoms with van der Waals surface area (Å²) in [5, 5.41) is 21.3. The molecule has 0 unspecified atom stereocenters. The number of thioether (sulfide) groups is 1. The van der Waals surface area contributed by atoms with Crippen molar-refractivity contribution in [3.05, 3.63) is 104 Å². The first kappa shape index (κ1) is 33.9. The Morgan fingerprint density at radius 2 is 1.78 bits per heavy atom. The number of amides is 1. The van der Waals surface area contributed by atoms with Crippen molar-refractivity contribution in [2.75, 3.05) is 25.1 Å². The highest BCUT2D eigenvalue weighted by atomic mass is 35.5. The van der Waals surface area contributed by atoms with Gasteiger partial charge in [-0.3, -0.25) is 23.8 Å². The van der Waals surface area contributed by atoms with E-state index in [-0.39, 0.29) is 24.9 Å². The van der Waals surface area contributed by atoms with Gasteiger partial charge in [-0.1, -0.05) is 41.9 Å². The Kier molecular flexibility index (Phi) is 9.35. The van der Waals surface area contributed by atoms with Gasteiger partial charge in [0.1, 0.15) is 25.4 Å². The molecule has 2 aromatic carbocycles. The maximum Gasteiger partial charge on any atom is 0.511 e. The van der Waals surface area contributed by atoms with Gasteiger partial charge < -0.3 is 29.3 Å².